The summed E-state index contributed by atoms with van der Waals surface area (Å²) in [4.78, 5) is 2.89. The Hall–Kier alpha value is -1.12. The van der Waals surface area contributed by atoms with Crippen LogP contribution in [0.1, 0.15) is 47.7 Å². The second kappa shape index (κ2) is 6.11. The highest BCUT2D eigenvalue weighted by Gasteiger charge is 2.19. The van der Waals surface area contributed by atoms with E-state index in [0.717, 1.165) is 6.42 Å². The molecule has 0 saturated heterocycles. The molecule has 108 valence electrons. The molecule has 0 saturated carbocycles. The van der Waals surface area contributed by atoms with Gasteiger partial charge >= 0.3 is 0 Å². The summed E-state index contributed by atoms with van der Waals surface area (Å²) in [5, 5.41) is 3.47. The quantitative estimate of drug-likeness (QED) is 0.847. The van der Waals surface area contributed by atoms with E-state index in [1.807, 2.05) is 11.3 Å². The van der Waals surface area contributed by atoms with E-state index in [4.69, 9.17) is 0 Å². The number of likely N-dealkylation sites (N-methyl/N-ethyl adjacent to an activating group) is 1. The number of hydrogen-bond donors (Lipinski definition) is 1. The van der Waals surface area contributed by atoms with E-state index in [1.54, 1.807) is 0 Å². The Morgan fingerprint density at radius 1 is 1.10 bits per heavy atom. The molecule has 1 heterocycles. The van der Waals surface area contributed by atoms with Crippen molar-refractivity contribution < 1.29 is 0 Å². The Bertz CT molecular complexity index is 563. The summed E-state index contributed by atoms with van der Waals surface area (Å²) in [6, 6.07) is 13.6. The van der Waals surface area contributed by atoms with E-state index in [-0.39, 0.29) is 5.41 Å². The van der Waals surface area contributed by atoms with Crippen LogP contribution in [-0.4, -0.2) is 7.05 Å². The molecular formula is C18H25NS. The summed E-state index contributed by atoms with van der Waals surface area (Å²) in [5.41, 5.74) is 3.04. The number of rotatable bonds is 4. The first-order valence-corrected chi connectivity index (χ1v) is 8.05. The molecule has 0 fully saturated rings. The highest BCUT2D eigenvalue weighted by atomic mass is 32.1. The van der Waals surface area contributed by atoms with Gasteiger partial charge in [-0.15, -0.1) is 11.3 Å². The van der Waals surface area contributed by atoms with Crippen LogP contribution in [-0.2, 0) is 11.8 Å². The summed E-state index contributed by atoms with van der Waals surface area (Å²) in [6.07, 6.45) is 1.05. The Balaban J connectivity index is 2.21. The van der Waals surface area contributed by atoms with Crippen LogP contribution < -0.4 is 5.32 Å². The zero-order valence-electron chi connectivity index (χ0n) is 13.2. The predicted molar refractivity (Wildman–Crippen MR) is 89.7 cm³/mol. The van der Waals surface area contributed by atoms with E-state index in [1.165, 1.54) is 20.9 Å². The van der Waals surface area contributed by atoms with E-state index in [0.29, 0.717) is 6.04 Å². The smallest absolute Gasteiger partial charge is 0.0453 e. The predicted octanol–water partition coefficient (Wildman–Crippen LogP) is 4.86. The lowest BCUT2D eigenvalue weighted by Crippen LogP contribution is -2.18. The number of hydrogen-bond acceptors (Lipinski definition) is 2. The minimum Gasteiger partial charge on any atom is -0.312 e. The molecule has 0 aliphatic rings. The summed E-state index contributed by atoms with van der Waals surface area (Å²) < 4.78 is 0. The van der Waals surface area contributed by atoms with Crippen LogP contribution in [0.15, 0.2) is 36.4 Å². The molecule has 0 spiro atoms. The second-order valence-corrected chi connectivity index (χ2v) is 7.54. The molecule has 1 unspecified atom stereocenters. The third-order valence-electron chi connectivity index (χ3n) is 3.74. The molecule has 2 heteroatoms. The van der Waals surface area contributed by atoms with E-state index >= 15 is 0 Å². The van der Waals surface area contributed by atoms with Gasteiger partial charge in [-0.25, -0.2) is 0 Å². The first-order valence-electron chi connectivity index (χ1n) is 7.24. The molecule has 2 aromatic rings. The fraction of sp³-hybridized carbons (Fsp3) is 0.444. The monoisotopic (exact) mass is 287 g/mol. The number of benzene rings is 1. The minimum absolute atomic E-state index is 0.240. The van der Waals surface area contributed by atoms with Gasteiger partial charge in [0.2, 0.25) is 0 Å². The van der Waals surface area contributed by atoms with Gasteiger partial charge in [0.05, 0.1) is 0 Å². The number of thiophene rings is 1. The molecule has 0 radical (unpaired) electrons. The van der Waals surface area contributed by atoms with E-state index in [2.05, 4.69) is 76.5 Å². The third-order valence-corrected chi connectivity index (χ3v) is 5.37. The lowest BCUT2D eigenvalue weighted by molar-refractivity contribution is 0.600. The van der Waals surface area contributed by atoms with Crippen molar-refractivity contribution in [2.24, 2.45) is 0 Å². The molecule has 1 atom stereocenters. The van der Waals surface area contributed by atoms with Gasteiger partial charge in [-0.2, -0.15) is 0 Å². The first-order chi connectivity index (χ1) is 9.41. The first kappa shape index (κ1) is 15.3. The summed E-state index contributed by atoms with van der Waals surface area (Å²) >= 11 is 1.94. The maximum absolute atomic E-state index is 3.47. The van der Waals surface area contributed by atoms with Gasteiger partial charge in [-0.3, -0.25) is 0 Å². The lowest BCUT2D eigenvalue weighted by atomic mass is 9.95. The molecule has 0 aliphatic carbocycles. The largest absolute Gasteiger partial charge is 0.312 e. The van der Waals surface area contributed by atoms with Crippen LogP contribution >= 0.6 is 11.3 Å². The molecule has 1 nitrogen and oxygen atoms in total. The summed E-state index contributed by atoms with van der Waals surface area (Å²) in [7, 11) is 2.05. The molecule has 20 heavy (non-hydrogen) atoms. The zero-order valence-corrected chi connectivity index (χ0v) is 14.0. The van der Waals surface area contributed by atoms with Crippen molar-refractivity contribution in [1.82, 2.24) is 5.32 Å². The van der Waals surface area contributed by atoms with Gasteiger partial charge in [-0.1, -0.05) is 45.0 Å². The van der Waals surface area contributed by atoms with Gasteiger partial charge in [-0.05, 0) is 49.1 Å². The fourth-order valence-corrected chi connectivity index (χ4v) is 3.52. The third kappa shape index (κ3) is 3.50. The zero-order chi connectivity index (χ0) is 14.8. The molecule has 1 aromatic carbocycles. The SMILES string of the molecule is CNC(Cc1ccccc1C)c1ccc(C(C)(C)C)s1. The minimum atomic E-state index is 0.240. The van der Waals surface area contributed by atoms with Crippen LogP contribution in [0.5, 0.6) is 0 Å². The molecular weight excluding hydrogens is 262 g/mol. The Labute approximate surface area is 127 Å². The highest BCUT2D eigenvalue weighted by Crippen LogP contribution is 2.33. The van der Waals surface area contributed by atoms with Crippen molar-refractivity contribution >= 4 is 11.3 Å². The molecule has 1 aromatic heterocycles. The van der Waals surface area contributed by atoms with Gasteiger partial charge in [0.15, 0.2) is 0 Å². The van der Waals surface area contributed by atoms with Gasteiger partial charge in [0.1, 0.15) is 0 Å². The average molecular weight is 287 g/mol. The topological polar surface area (TPSA) is 12.0 Å². The Kier molecular flexibility index (Phi) is 4.66. The van der Waals surface area contributed by atoms with Crippen molar-refractivity contribution in [3.63, 3.8) is 0 Å². The summed E-state index contributed by atoms with van der Waals surface area (Å²) in [5.74, 6) is 0. The van der Waals surface area contributed by atoms with Crippen LogP contribution in [0, 0.1) is 6.92 Å². The number of aryl methyl sites for hydroxylation is 1. The van der Waals surface area contributed by atoms with Crippen molar-refractivity contribution in [3.8, 4) is 0 Å². The average Bonchev–Trinajstić information content (AvgIpc) is 2.87. The summed E-state index contributed by atoms with van der Waals surface area (Å²) in [6.45, 7) is 9.02. The number of nitrogens with one attached hydrogen (secondary N) is 1. The van der Waals surface area contributed by atoms with E-state index < -0.39 is 0 Å². The second-order valence-electron chi connectivity index (χ2n) is 6.42. The maximum Gasteiger partial charge on any atom is 0.0453 e. The lowest BCUT2D eigenvalue weighted by Gasteiger charge is -2.18. The fourth-order valence-electron chi connectivity index (χ4n) is 2.35. The van der Waals surface area contributed by atoms with Crippen LogP contribution in [0.3, 0.4) is 0 Å². The van der Waals surface area contributed by atoms with Crippen molar-refractivity contribution in [2.75, 3.05) is 7.05 Å². The van der Waals surface area contributed by atoms with Crippen molar-refractivity contribution in [1.29, 1.82) is 0 Å². The van der Waals surface area contributed by atoms with Gasteiger partial charge in [0.25, 0.3) is 0 Å². The van der Waals surface area contributed by atoms with Gasteiger partial charge < -0.3 is 5.32 Å². The van der Waals surface area contributed by atoms with Gasteiger partial charge in [0, 0.05) is 15.8 Å². The van der Waals surface area contributed by atoms with E-state index in [9.17, 15) is 0 Å². The Morgan fingerprint density at radius 3 is 2.35 bits per heavy atom. The standard InChI is InChI=1S/C18H25NS/c1-13-8-6-7-9-14(13)12-15(19-5)16-10-11-17(20-16)18(2,3)4/h6-11,15,19H,12H2,1-5H3. The van der Waals surface area contributed by atoms with Crippen molar-refractivity contribution in [2.45, 2.75) is 45.6 Å². The van der Waals surface area contributed by atoms with Crippen molar-refractivity contribution in [3.05, 3.63) is 57.3 Å². The van der Waals surface area contributed by atoms with Crippen LogP contribution in [0.4, 0.5) is 0 Å². The maximum atomic E-state index is 3.47. The molecule has 0 aliphatic heterocycles. The molecule has 1 N–H and O–H groups in total. The Morgan fingerprint density at radius 2 is 1.80 bits per heavy atom. The molecule has 2 rings (SSSR count). The van der Waals surface area contributed by atoms with Crippen LogP contribution in [0.25, 0.3) is 0 Å². The molecule has 0 bridgehead atoms. The molecule has 0 amide bonds. The highest BCUT2D eigenvalue weighted by molar-refractivity contribution is 7.12. The normalized spacial score (nSPS) is 13.4. The van der Waals surface area contributed by atoms with Crippen LogP contribution in [0.2, 0.25) is 0 Å².